The third-order valence-corrected chi connectivity index (χ3v) is 3.57. The minimum Gasteiger partial charge on any atom is -0.484 e. The van der Waals surface area contributed by atoms with Crippen LogP contribution in [0.4, 0.5) is 0 Å². The number of carbonyl (C=O) groups is 1. The van der Waals surface area contributed by atoms with Gasteiger partial charge in [-0.1, -0.05) is 30.5 Å². The van der Waals surface area contributed by atoms with Crippen LogP contribution in [0, 0.1) is 0 Å². The average molecular weight is 283 g/mol. The SMILES string of the molecule is NC1CCCCC1NC(=O)COc1cccc(Cl)c1. The van der Waals surface area contributed by atoms with Gasteiger partial charge in [0.05, 0.1) is 0 Å². The van der Waals surface area contributed by atoms with Crippen LogP contribution in [0.15, 0.2) is 24.3 Å². The van der Waals surface area contributed by atoms with Gasteiger partial charge in [-0.15, -0.1) is 0 Å². The Bertz CT molecular complexity index is 439. The summed E-state index contributed by atoms with van der Waals surface area (Å²) in [5, 5.41) is 3.52. The molecule has 4 nitrogen and oxygen atoms in total. The second-order valence-electron chi connectivity index (χ2n) is 4.87. The minimum atomic E-state index is -0.137. The fourth-order valence-electron chi connectivity index (χ4n) is 2.29. The molecule has 1 aromatic carbocycles. The maximum atomic E-state index is 11.8. The van der Waals surface area contributed by atoms with Gasteiger partial charge in [-0.2, -0.15) is 0 Å². The van der Waals surface area contributed by atoms with Crippen molar-refractivity contribution in [3.63, 3.8) is 0 Å². The second-order valence-corrected chi connectivity index (χ2v) is 5.30. The molecule has 1 aromatic rings. The zero-order valence-electron chi connectivity index (χ0n) is 10.8. The molecule has 0 saturated heterocycles. The lowest BCUT2D eigenvalue weighted by atomic mass is 9.91. The Morgan fingerprint density at radius 2 is 2.21 bits per heavy atom. The summed E-state index contributed by atoms with van der Waals surface area (Å²) in [6.07, 6.45) is 4.19. The van der Waals surface area contributed by atoms with Gasteiger partial charge in [-0.25, -0.2) is 0 Å². The number of amides is 1. The minimum absolute atomic E-state index is 0.0104. The van der Waals surface area contributed by atoms with E-state index >= 15 is 0 Å². The summed E-state index contributed by atoms with van der Waals surface area (Å²) in [5.74, 6) is 0.456. The molecule has 0 radical (unpaired) electrons. The molecule has 0 bridgehead atoms. The zero-order chi connectivity index (χ0) is 13.7. The van der Waals surface area contributed by atoms with E-state index in [0.29, 0.717) is 10.8 Å². The Hall–Kier alpha value is -1.26. The summed E-state index contributed by atoms with van der Waals surface area (Å²) in [7, 11) is 0. The molecule has 19 heavy (non-hydrogen) atoms. The molecule has 1 saturated carbocycles. The monoisotopic (exact) mass is 282 g/mol. The third kappa shape index (κ3) is 4.40. The highest BCUT2D eigenvalue weighted by atomic mass is 35.5. The van der Waals surface area contributed by atoms with E-state index in [4.69, 9.17) is 22.1 Å². The smallest absolute Gasteiger partial charge is 0.258 e. The van der Waals surface area contributed by atoms with Gasteiger partial charge in [0.15, 0.2) is 6.61 Å². The van der Waals surface area contributed by atoms with Crippen molar-refractivity contribution in [3.05, 3.63) is 29.3 Å². The lowest BCUT2D eigenvalue weighted by molar-refractivity contribution is -0.124. The summed E-state index contributed by atoms with van der Waals surface area (Å²) in [5.41, 5.74) is 5.98. The van der Waals surface area contributed by atoms with Crippen molar-refractivity contribution in [1.29, 1.82) is 0 Å². The van der Waals surface area contributed by atoms with E-state index in [1.54, 1.807) is 24.3 Å². The largest absolute Gasteiger partial charge is 0.484 e. The number of halogens is 1. The lowest BCUT2D eigenvalue weighted by Crippen LogP contribution is -2.50. The summed E-state index contributed by atoms with van der Waals surface area (Å²) in [6, 6.07) is 7.13. The molecule has 104 valence electrons. The molecule has 2 unspecified atom stereocenters. The second kappa shape index (κ2) is 6.78. The summed E-state index contributed by atoms with van der Waals surface area (Å²) in [4.78, 5) is 11.8. The van der Waals surface area contributed by atoms with Gasteiger partial charge in [-0.05, 0) is 31.0 Å². The Balaban J connectivity index is 1.78. The molecular formula is C14H19ClN2O2. The number of hydrogen-bond acceptors (Lipinski definition) is 3. The Morgan fingerprint density at radius 1 is 1.42 bits per heavy atom. The van der Waals surface area contributed by atoms with E-state index in [-0.39, 0.29) is 24.6 Å². The van der Waals surface area contributed by atoms with Crippen molar-refractivity contribution in [2.24, 2.45) is 5.73 Å². The fourth-order valence-corrected chi connectivity index (χ4v) is 2.47. The van der Waals surface area contributed by atoms with Crippen molar-refractivity contribution in [2.75, 3.05) is 6.61 Å². The van der Waals surface area contributed by atoms with Gasteiger partial charge in [0.25, 0.3) is 5.91 Å². The van der Waals surface area contributed by atoms with Gasteiger partial charge in [0.1, 0.15) is 5.75 Å². The molecule has 2 atom stereocenters. The molecular weight excluding hydrogens is 264 g/mol. The molecule has 2 rings (SSSR count). The van der Waals surface area contributed by atoms with Gasteiger partial charge in [0.2, 0.25) is 0 Å². The first kappa shape index (κ1) is 14.2. The number of nitrogens with two attached hydrogens (primary N) is 1. The number of nitrogens with one attached hydrogen (secondary N) is 1. The van der Waals surface area contributed by atoms with Crippen molar-refractivity contribution in [1.82, 2.24) is 5.32 Å². The highest BCUT2D eigenvalue weighted by molar-refractivity contribution is 6.30. The van der Waals surface area contributed by atoms with Gasteiger partial charge >= 0.3 is 0 Å². The normalized spacial score (nSPS) is 22.8. The van der Waals surface area contributed by atoms with Gasteiger partial charge < -0.3 is 15.8 Å². The molecule has 5 heteroatoms. The molecule has 1 fully saturated rings. The van der Waals surface area contributed by atoms with Crippen LogP contribution in [-0.2, 0) is 4.79 Å². The predicted octanol–water partition coefficient (Wildman–Crippen LogP) is 2.10. The van der Waals surface area contributed by atoms with E-state index < -0.39 is 0 Å². The topological polar surface area (TPSA) is 64.3 Å². The van der Waals surface area contributed by atoms with E-state index in [9.17, 15) is 4.79 Å². The van der Waals surface area contributed by atoms with E-state index in [0.717, 1.165) is 25.7 Å². The maximum Gasteiger partial charge on any atom is 0.258 e. The van der Waals surface area contributed by atoms with E-state index in [1.807, 2.05) is 0 Å². The molecule has 3 N–H and O–H groups in total. The van der Waals surface area contributed by atoms with Crippen LogP contribution in [0.25, 0.3) is 0 Å². The Morgan fingerprint density at radius 3 is 2.95 bits per heavy atom. The van der Waals surface area contributed by atoms with Crippen LogP contribution in [0.3, 0.4) is 0 Å². The molecule has 1 aliphatic carbocycles. The predicted molar refractivity (Wildman–Crippen MR) is 75.3 cm³/mol. The maximum absolute atomic E-state index is 11.8. The van der Waals surface area contributed by atoms with Crippen LogP contribution in [0.5, 0.6) is 5.75 Å². The lowest BCUT2D eigenvalue weighted by Gasteiger charge is -2.29. The first-order chi connectivity index (χ1) is 9.15. The molecule has 0 aliphatic heterocycles. The number of carbonyl (C=O) groups excluding carboxylic acids is 1. The molecule has 1 amide bonds. The number of hydrogen-bond donors (Lipinski definition) is 2. The van der Waals surface area contributed by atoms with Crippen LogP contribution >= 0.6 is 11.6 Å². The highest BCUT2D eigenvalue weighted by Crippen LogP contribution is 2.18. The zero-order valence-corrected chi connectivity index (χ0v) is 11.5. The Kier molecular flexibility index (Phi) is 5.05. The van der Waals surface area contributed by atoms with Crippen molar-refractivity contribution < 1.29 is 9.53 Å². The fraction of sp³-hybridized carbons (Fsp3) is 0.500. The molecule has 0 aromatic heterocycles. The van der Waals surface area contributed by atoms with Crippen molar-refractivity contribution in [2.45, 2.75) is 37.8 Å². The number of ether oxygens (including phenoxy) is 1. The standard InChI is InChI=1S/C14H19ClN2O2/c15-10-4-3-5-11(8-10)19-9-14(18)17-13-7-2-1-6-12(13)16/h3-5,8,12-13H,1-2,6-7,9,16H2,(H,17,18). The van der Waals surface area contributed by atoms with E-state index in [1.165, 1.54) is 0 Å². The van der Waals surface area contributed by atoms with Gasteiger partial charge in [0, 0.05) is 17.1 Å². The average Bonchev–Trinajstić information content (AvgIpc) is 2.39. The summed E-state index contributed by atoms with van der Waals surface area (Å²) < 4.78 is 5.39. The van der Waals surface area contributed by atoms with Crippen molar-refractivity contribution in [3.8, 4) is 5.75 Å². The highest BCUT2D eigenvalue weighted by Gasteiger charge is 2.23. The molecule has 0 heterocycles. The first-order valence-electron chi connectivity index (χ1n) is 6.58. The first-order valence-corrected chi connectivity index (χ1v) is 6.96. The quantitative estimate of drug-likeness (QED) is 0.889. The Labute approximate surface area is 118 Å². The van der Waals surface area contributed by atoms with Gasteiger partial charge in [-0.3, -0.25) is 4.79 Å². The third-order valence-electron chi connectivity index (χ3n) is 3.33. The van der Waals surface area contributed by atoms with Crippen LogP contribution < -0.4 is 15.8 Å². The molecule has 1 aliphatic rings. The molecule has 0 spiro atoms. The van der Waals surface area contributed by atoms with Crippen LogP contribution in [-0.4, -0.2) is 24.6 Å². The van der Waals surface area contributed by atoms with Crippen LogP contribution in [0.2, 0.25) is 5.02 Å². The van der Waals surface area contributed by atoms with Crippen LogP contribution in [0.1, 0.15) is 25.7 Å². The summed E-state index contributed by atoms with van der Waals surface area (Å²) >= 11 is 5.84. The van der Waals surface area contributed by atoms with E-state index in [2.05, 4.69) is 5.32 Å². The summed E-state index contributed by atoms with van der Waals surface area (Å²) in [6.45, 7) is -0.0104. The number of rotatable bonds is 4. The van der Waals surface area contributed by atoms with Crippen molar-refractivity contribution >= 4 is 17.5 Å². The number of benzene rings is 1.